The summed E-state index contributed by atoms with van der Waals surface area (Å²) in [6, 6.07) is 47.0. The molecule has 0 unspecified atom stereocenters. The highest BCUT2D eigenvalue weighted by Gasteiger charge is 2.18. The number of hydrogen-bond acceptors (Lipinski definition) is 4. The highest BCUT2D eigenvalue weighted by Crippen LogP contribution is 2.39. The number of fused-ring (bicyclic) bond motifs is 6. The Morgan fingerprint density at radius 2 is 1.02 bits per heavy atom. The molecule has 9 rings (SSSR count). The highest BCUT2D eigenvalue weighted by molar-refractivity contribution is 6.31. The number of furan rings is 1. The zero-order valence-corrected chi connectivity index (χ0v) is 24.6. The van der Waals surface area contributed by atoms with Crippen LogP contribution in [0.15, 0.2) is 144 Å². The molecule has 0 aliphatic rings. The molecule has 0 bridgehead atoms. The monoisotopic (exact) mass is 598 g/mol. The van der Waals surface area contributed by atoms with Gasteiger partial charge in [0.2, 0.25) is 0 Å². The molecule has 0 saturated heterocycles. The van der Waals surface area contributed by atoms with Crippen molar-refractivity contribution in [1.29, 1.82) is 0 Å². The van der Waals surface area contributed by atoms with Crippen molar-refractivity contribution in [2.24, 2.45) is 0 Å². The summed E-state index contributed by atoms with van der Waals surface area (Å²) < 4.78 is 8.51. The van der Waals surface area contributed by atoms with E-state index < -0.39 is 0 Å². The maximum Gasteiger partial charge on any atom is 0.164 e. The predicted octanol–water partition coefficient (Wildman–Crippen LogP) is 10.5. The summed E-state index contributed by atoms with van der Waals surface area (Å²) in [5.74, 6) is 1.89. The Morgan fingerprint density at radius 1 is 0.444 bits per heavy atom. The summed E-state index contributed by atoms with van der Waals surface area (Å²) in [6.45, 7) is 0. The van der Waals surface area contributed by atoms with Gasteiger partial charge >= 0.3 is 0 Å². The van der Waals surface area contributed by atoms with E-state index in [9.17, 15) is 0 Å². The molecule has 3 aromatic heterocycles. The normalized spacial score (nSPS) is 11.7. The van der Waals surface area contributed by atoms with E-state index in [1.54, 1.807) is 0 Å². The van der Waals surface area contributed by atoms with Gasteiger partial charge in [-0.25, -0.2) is 15.0 Å². The maximum atomic E-state index is 6.55. The van der Waals surface area contributed by atoms with Crippen LogP contribution in [0.4, 0.5) is 0 Å². The number of nitrogens with zero attached hydrogens (tertiary/aromatic N) is 4. The number of rotatable bonds is 4. The Balaban J connectivity index is 1.22. The summed E-state index contributed by atoms with van der Waals surface area (Å²) in [5, 5.41) is 5.08. The Kier molecular flexibility index (Phi) is 5.80. The molecule has 3 heterocycles. The summed E-state index contributed by atoms with van der Waals surface area (Å²) in [5.41, 5.74) is 7.64. The van der Waals surface area contributed by atoms with Crippen LogP contribution in [0.3, 0.4) is 0 Å². The Bertz CT molecular complexity index is 2480. The fraction of sp³-hybridized carbons (Fsp3) is 0. The van der Waals surface area contributed by atoms with E-state index in [2.05, 4.69) is 53.1 Å². The van der Waals surface area contributed by atoms with Crippen molar-refractivity contribution in [3.8, 4) is 39.9 Å². The number of benzene rings is 6. The lowest BCUT2D eigenvalue weighted by Crippen LogP contribution is -2.00. The molecule has 0 amide bonds. The van der Waals surface area contributed by atoms with Crippen molar-refractivity contribution in [1.82, 2.24) is 19.5 Å². The van der Waals surface area contributed by atoms with Gasteiger partial charge in [0.05, 0.1) is 11.0 Å². The van der Waals surface area contributed by atoms with Gasteiger partial charge in [0.25, 0.3) is 0 Å². The van der Waals surface area contributed by atoms with E-state index in [4.69, 9.17) is 31.0 Å². The molecule has 0 fully saturated rings. The van der Waals surface area contributed by atoms with Gasteiger partial charge in [-0.15, -0.1) is 0 Å². The lowest BCUT2D eigenvalue weighted by molar-refractivity contribution is 0.669. The smallest absolute Gasteiger partial charge is 0.164 e. The van der Waals surface area contributed by atoms with Crippen molar-refractivity contribution < 1.29 is 4.42 Å². The summed E-state index contributed by atoms with van der Waals surface area (Å²) in [6.07, 6.45) is 0. The zero-order chi connectivity index (χ0) is 29.9. The molecule has 0 atom stereocenters. The molecule has 6 heteroatoms. The third-order valence-corrected chi connectivity index (χ3v) is 8.54. The molecule has 45 heavy (non-hydrogen) atoms. The minimum absolute atomic E-state index is 0.617. The number of hydrogen-bond donors (Lipinski definition) is 0. The number of para-hydroxylation sites is 1. The Morgan fingerprint density at radius 3 is 1.69 bits per heavy atom. The topological polar surface area (TPSA) is 56.7 Å². The molecule has 6 aromatic carbocycles. The highest BCUT2D eigenvalue weighted by atomic mass is 35.5. The van der Waals surface area contributed by atoms with E-state index in [1.165, 1.54) is 0 Å². The van der Waals surface area contributed by atoms with Gasteiger partial charge in [-0.1, -0.05) is 96.5 Å². The first-order valence-corrected chi connectivity index (χ1v) is 15.1. The quantitative estimate of drug-likeness (QED) is 0.202. The predicted molar refractivity (Wildman–Crippen MR) is 183 cm³/mol. The molecule has 212 valence electrons. The average Bonchev–Trinajstić information content (AvgIpc) is 3.62. The van der Waals surface area contributed by atoms with Crippen LogP contribution in [0.1, 0.15) is 0 Å². The molecule has 0 radical (unpaired) electrons. The molecule has 5 nitrogen and oxygen atoms in total. The molecule has 0 N–H and O–H groups in total. The number of halogens is 1. The second-order valence-corrected chi connectivity index (χ2v) is 11.5. The van der Waals surface area contributed by atoms with Gasteiger partial charge in [-0.2, -0.15) is 0 Å². The fourth-order valence-electron chi connectivity index (χ4n) is 6.18. The average molecular weight is 599 g/mol. The minimum atomic E-state index is 0.617. The first-order valence-electron chi connectivity index (χ1n) is 14.7. The maximum absolute atomic E-state index is 6.55. The second kappa shape index (κ2) is 10.2. The van der Waals surface area contributed by atoms with E-state index in [0.717, 1.165) is 66.1 Å². The molecule has 0 spiro atoms. The summed E-state index contributed by atoms with van der Waals surface area (Å²) >= 11 is 6.55. The van der Waals surface area contributed by atoms with Crippen molar-refractivity contribution in [3.63, 3.8) is 0 Å². The SMILES string of the molecule is Clc1ccc2c3cc4oc5ccccc5c4cc3n(-c3ccc(-c4nc(-c5ccccc5)nc(-c5ccccc5)n4)cc3)c2c1. The third-order valence-electron chi connectivity index (χ3n) is 8.31. The van der Waals surface area contributed by atoms with Crippen LogP contribution in [0.25, 0.3) is 83.6 Å². The Hall–Kier alpha value is -5.78. The fourth-order valence-corrected chi connectivity index (χ4v) is 6.35. The summed E-state index contributed by atoms with van der Waals surface area (Å²) in [7, 11) is 0. The standard InChI is InChI=1S/C39H23ClN4O/c40-27-17-20-29-31-23-36-32(30-13-7-8-14-35(30)45-36)22-34(31)44(33(29)21-27)28-18-15-26(16-19-28)39-42-37(24-9-3-1-4-10-24)41-38(43-39)25-11-5-2-6-12-25/h1-23H. The van der Waals surface area contributed by atoms with Crippen molar-refractivity contribution in [2.75, 3.05) is 0 Å². The van der Waals surface area contributed by atoms with Crippen LogP contribution in [0.2, 0.25) is 5.02 Å². The Labute approximate surface area is 263 Å². The van der Waals surface area contributed by atoms with E-state index in [1.807, 2.05) is 91.0 Å². The molecule has 0 aliphatic carbocycles. The first-order chi connectivity index (χ1) is 22.2. The second-order valence-electron chi connectivity index (χ2n) is 11.0. The largest absolute Gasteiger partial charge is 0.456 e. The van der Waals surface area contributed by atoms with Crippen LogP contribution < -0.4 is 0 Å². The van der Waals surface area contributed by atoms with Gasteiger partial charge in [0.1, 0.15) is 11.2 Å². The van der Waals surface area contributed by atoms with Crippen LogP contribution in [0.5, 0.6) is 0 Å². The van der Waals surface area contributed by atoms with Crippen LogP contribution in [-0.4, -0.2) is 19.5 Å². The first kappa shape index (κ1) is 25.7. The van der Waals surface area contributed by atoms with Gasteiger partial charge in [-0.05, 0) is 54.6 Å². The lowest BCUT2D eigenvalue weighted by Gasteiger charge is -2.11. The molecule has 0 saturated carbocycles. The molecule has 9 aromatic rings. The van der Waals surface area contributed by atoms with Crippen molar-refractivity contribution in [3.05, 3.63) is 145 Å². The van der Waals surface area contributed by atoms with Gasteiger partial charge in [0.15, 0.2) is 17.5 Å². The van der Waals surface area contributed by atoms with Crippen LogP contribution >= 0.6 is 11.6 Å². The zero-order valence-electron chi connectivity index (χ0n) is 23.9. The van der Waals surface area contributed by atoms with E-state index >= 15 is 0 Å². The summed E-state index contributed by atoms with van der Waals surface area (Å²) in [4.78, 5) is 14.6. The number of aromatic nitrogens is 4. The molecular formula is C39H23ClN4O. The van der Waals surface area contributed by atoms with E-state index in [0.29, 0.717) is 22.5 Å². The van der Waals surface area contributed by atoms with Crippen molar-refractivity contribution in [2.45, 2.75) is 0 Å². The van der Waals surface area contributed by atoms with E-state index in [-0.39, 0.29) is 0 Å². The molecule has 0 aliphatic heterocycles. The third kappa shape index (κ3) is 4.28. The lowest BCUT2D eigenvalue weighted by atomic mass is 10.1. The van der Waals surface area contributed by atoms with Crippen LogP contribution in [-0.2, 0) is 0 Å². The molecular weight excluding hydrogens is 576 g/mol. The van der Waals surface area contributed by atoms with Crippen LogP contribution in [0, 0.1) is 0 Å². The van der Waals surface area contributed by atoms with Gasteiger partial charge < -0.3 is 8.98 Å². The van der Waals surface area contributed by atoms with Gasteiger partial charge in [0, 0.05) is 48.9 Å². The van der Waals surface area contributed by atoms with Gasteiger partial charge in [-0.3, -0.25) is 0 Å². The minimum Gasteiger partial charge on any atom is -0.456 e. The van der Waals surface area contributed by atoms with Crippen molar-refractivity contribution >= 4 is 55.3 Å².